The molecule has 0 aromatic carbocycles. The summed E-state index contributed by atoms with van der Waals surface area (Å²) in [6.45, 7) is 0. The van der Waals surface area contributed by atoms with Crippen molar-refractivity contribution in [2.45, 2.75) is 6.10 Å². The highest BCUT2D eigenvalue weighted by Crippen LogP contribution is 2.02. The van der Waals surface area contributed by atoms with E-state index in [1.165, 1.54) is 0 Å². The molecule has 0 aromatic heterocycles. The summed E-state index contributed by atoms with van der Waals surface area (Å²) in [5.74, 6) is -3.67. The van der Waals surface area contributed by atoms with Gasteiger partial charge in [-0.2, -0.15) is 0 Å². The average molecular weight is 130 g/mol. The Hall–Kier alpha value is -1.23. The molecule has 0 spiro atoms. The highest BCUT2D eigenvalue weighted by molar-refractivity contribution is 6.45. The van der Waals surface area contributed by atoms with Crippen molar-refractivity contribution in [2.75, 3.05) is 0 Å². The zero-order valence-electron chi connectivity index (χ0n) is 4.16. The van der Waals surface area contributed by atoms with Gasteiger partial charge in [-0.05, 0) is 0 Å². The van der Waals surface area contributed by atoms with E-state index in [1.54, 1.807) is 0 Å². The molecule has 1 unspecified atom stereocenters. The van der Waals surface area contributed by atoms with E-state index in [0.29, 0.717) is 0 Å². The van der Waals surface area contributed by atoms with Crippen LogP contribution in [0.15, 0.2) is 0 Å². The third-order valence-corrected chi connectivity index (χ3v) is 0.866. The fraction of sp³-hybridized carbons (Fsp3) is 0.250. The number of aliphatic hydroxyl groups excluding tert-OH is 1. The maximum atomic E-state index is 10.2. The Kier molecular flexibility index (Phi) is 1.07. The monoisotopic (exact) mass is 130 g/mol. The lowest BCUT2D eigenvalue weighted by atomic mass is 10.3. The number of carbonyl (C=O) groups excluding carboxylic acids is 3. The Bertz CT molecular complexity index is 193. The minimum absolute atomic E-state index is 1.19. The number of ketones is 1. The quantitative estimate of drug-likeness (QED) is 0.233. The van der Waals surface area contributed by atoms with Crippen molar-refractivity contribution in [2.24, 2.45) is 0 Å². The van der Waals surface area contributed by atoms with Crippen LogP contribution in [0.3, 0.4) is 0 Å². The van der Waals surface area contributed by atoms with Gasteiger partial charge < -0.3 is 9.84 Å². The molecule has 48 valence electrons. The lowest BCUT2D eigenvalue weighted by Gasteiger charge is -1.84. The summed E-state index contributed by atoms with van der Waals surface area (Å²) in [5, 5.41) is 8.39. The van der Waals surface area contributed by atoms with Gasteiger partial charge in [-0.25, -0.2) is 9.59 Å². The summed E-state index contributed by atoms with van der Waals surface area (Å²) in [6, 6.07) is 0. The van der Waals surface area contributed by atoms with Crippen LogP contribution in [0.2, 0.25) is 0 Å². The van der Waals surface area contributed by atoms with Gasteiger partial charge in [0.2, 0.25) is 6.10 Å². The van der Waals surface area contributed by atoms with Crippen LogP contribution in [0.1, 0.15) is 0 Å². The number of rotatable bonds is 0. The van der Waals surface area contributed by atoms with Crippen molar-refractivity contribution in [1.29, 1.82) is 0 Å². The van der Waals surface area contributed by atoms with Crippen molar-refractivity contribution < 1.29 is 24.2 Å². The molecule has 5 nitrogen and oxygen atoms in total. The first-order valence-electron chi connectivity index (χ1n) is 2.11. The van der Waals surface area contributed by atoms with E-state index < -0.39 is 23.8 Å². The number of carbonyl (C=O) groups is 3. The molecule has 0 radical (unpaired) electrons. The van der Waals surface area contributed by atoms with Gasteiger partial charge in [0.1, 0.15) is 0 Å². The first kappa shape index (κ1) is 5.90. The molecule has 5 heteroatoms. The van der Waals surface area contributed by atoms with Gasteiger partial charge >= 0.3 is 11.9 Å². The second-order valence-electron chi connectivity index (χ2n) is 1.48. The molecule has 1 atom stereocenters. The van der Waals surface area contributed by atoms with Crippen LogP contribution in [0.4, 0.5) is 0 Å². The number of hydrogen-bond donors (Lipinski definition) is 1. The SMILES string of the molecule is O=C1OC(=O)C(O)C1=O. The Morgan fingerprint density at radius 3 is 2.00 bits per heavy atom. The van der Waals surface area contributed by atoms with Crippen molar-refractivity contribution >= 4 is 17.7 Å². The topological polar surface area (TPSA) is 80.7 Å². The zero-order chi connectivity index (χ0) is 7.02. The summed E-state index contributed by atoms with van der Waals surface area (Å²) in [6.07, 6.45) is -1.89. The summed E-state index contributed by atoms with van der Waals surface area (Å²) >= 11 is 0. The Morgan fingerprint density at radius 2 is 1.89 bits per heavy atom. The molecule has 0 aliphatic carbocycles. The molecule has 1 rings (SSSR count). The van der Waals surface area contributed by atoms with Gasteiger partial charge in [0.15, 0.2) is 0 Å². The highest BCUT2D eigenvalue weighted by atomic mass is 16.6. The standard InChI is InChI=1S/C4H2O5/c5-1-2(6)4(8)9-3(1)7/h1,5H. The Balaban J connectivity index is 2.90. The van der Waals surface area contributed by atoms with Gasteiger partial charge in [-0.1, -0.05) is 0 Å². The molecule has 1 fully saturated rings. The lowest BCUT2D eigenvalue weighted by molar-refractivity contribution is -0.155. The second-order valence-corrected chi connectivity index (χ2v) is 1.48. The fourth-order valence-corrected chi connectivity index (χ4v) is 0.416. The van der Waals surface area contributed by atoms with Crippen molar-refractivity contribution in [3.05, 3.63) is 0 Å². The summed E-state index contributed by atoms with van der Waals surface area (Å²) < 4.78 is 3.71. The molecule has 0 aromatic rings. The third kappa shape index (κ3) is 0.706. The Labute approximate surface area is 49.2 Å². The van der Waals surface area contributed by atoms with Crippen molar-refractivity contribution in [3.63, 3.8) is 0 Å². The molecule has 0 amide bonds. The second kappa shape index (κ2) is 1.63. The van der Waals surface area contributed by atoms with E-state index in [0.717, 1.165) is 0 Å². The van der Waals surface area contributed by atoms with Crippen LogP contribution in [0.25, 0.3) is 0 Å². The normalized spacial score (nSPS) is 26.8. The van der Waals surface area contributed by atoms with Gasteiger partial charge in [0.25, 0.3) is 5.78 Å². The fourth-order valence-electron chi connectivity index (χ4n) is 0.416. The van der Waals surface area contributed by atoms with Crippen molar-refractivity contribution in [1.82, 2.24) is 0 Å². The molecule has 1 saturated heterocycles. The van der Waals surface area contributed by atoms with Gasteiger partial charge in [0.05, 0.1) is 0 Å². The van der Waals surface area contributed by atoms with Crippen LogP contribution >= 0.6 is 0 Å². The number of hydrogen-bond acceptors (Lipinski definition) is 5. The minimum Gasteiger partial charge on any atom is -0.385 e. The highest BCUT2D eigenvalue weighted by Gasteiger charge is 2.41. The predicted octanol–water partition coefficient (Wildman–Crippen LogP) is -2.00. The number of esters is 2. The molecule has 9 heavy (non-hydrogen) atoms. The maximum Gasteiger partial charge on any atom is 0.385 e. The summed E-state index contributed by atoms with van der Waals surface area (Å²) in [7, 11) is 0. The molecular formula is C4H2O5. The zero-order valence-corrected chi connectivity index (χ0v) is 4.16. The molecule has 1 heterocycles. The average Bonchev–Trinajstić information content (AvgIpc) is 1.98. The smallest absolute Gasteiger partial charge is 0.385 e. The summed E-state index contributed by atoms with van der Waals surface area (Å²) in [5.41, 5.74) is 0. The minimum atomic E-state index is -1.89. The first-order chi connectivity index (χ1) is 4.13. The van der Waals surface area contributed by atoms with Gasteiger partial charge in [-0.3, -0.25) is 4.79 Å². The van der Waals surface area contributed by atoms with E-state index in [-0.39, 0.29) is 0 Å². The number of ether oxygens (including phenoxy) is 1. The van der Waals surface area contributed by atoms with E-state index in [2.05, 4.69) is 4.74 Å². The largest absolute Gasteiger partial charge is 0.385 e. The van der Waals surface area contributed by atoms with E-state index in [4.69, 9.17) is 5.11 Å². The van der Waals surface area contributed by atoms with Crippen LogP contribution in [-0.2, 0) is 19.1 Å². The predicted molar refractivity (Wildman–Crippen MR) is 22.1 cm³/mol. The van der Waals surface area contributed by atoms with Gasteiger partial charge in [0, 0.05) is 0 Å². The first-order valence-corrected chi connectivity index (χ1v) is 2.11. The van der Waals surface area contributed by atoms with Crippen LogP contribution in [-0.4, -0.2) is 28.9 Å². The van der Waals surface area contributed by atoms with Crippen molar-refractivity contribution in [3.8, 4) is 0 Å². The van der Waals surface area contributed by atoms with E-state index in [1.807, 2.05) is 0 Å². The molecule has 1 aliphatic rings. The molecule has 0 bridgehead atoms. The Morgan fingerprint density at radius 1 is 1.33 bits per heavy atom. The molecule has 1 aliphatic heterocycles. The molecular weight excluding hydrogens is 128 g/mol. The number of aliphatic hydroxyl groups is 1. The number of Topliss-reactive ketones (excluding diaryl/α,β-unsaturated/α-hetero) is 1. The van der Waals surface area contributed by atoms with Crippen LogP contribution < -0.4 is 0 Å². The van der Waals surface area contributed by atoms with E-state index >= 15 is 0 Å². The molecule has 0 saturated carbocycles. The van der Waals surface area contributed by atoms with E-state index in [9.17, 15) is 14.4 Å². The molecule has 1 N–H and O–H groups in total. The van der Waals surface area contributed by atoms with Gasteiger partial charge in [-0.15, -0.1) is 0 Å². The summed E-state index contributed by atoms with van der Waals surface area (Å²) in [4.78, 5) is 30.3. The van der Waals surface area contributed by atoms with Crippen LogP contribution in [0.5, 0.6) is 0 Å². The number of cyclic esters (lactones) is 2. The maximum absolute atomic E-state index is 10.2. The third-order valence-electron chi connectivity index (χ3n) is 0.866. The van der Waals surface area contributed by atoms with Crippen LogP contribution in [0, 0.1) is 0 Å². The lowest BCUT2D eigenvalue weighted by Crippen LogP contribution is -2.22.